The maximum atomic E-state index is 13.2. The summed E-state index contributed by atoms with van der Waals surface area (Å²) in [6.45, 7) is 1.08. The molecule has 1 aliphatic rings. The first-order valence-corrected chi connectivity index (χ1v) is 11.5. The molecule has 1 aromatic carbocycles. The molecule has 1 amide bonds. The number of alkyl halides is 3. The van der Waals surface area contributed by atoms with Crippen LogP contribution in [0, 0.1) is 0 Å². The minimum atomic E-state index is -4.46. The SMILES string of the molecule is O=C(CSc1nnc(-c2ccncc2)n1CC(F)(F)F)N1CCN(c2cccc(Cl)c2)CC1. The van der Waals surface area contributed by atoms with E-state index in [-0.39, 0.29) is 22.6 Å². The summed E-state index contributed by atoms with van der Waals surface area (Å²) in [5, 5.41) is 8.55. The zero-order valence-electron chi connectivity index (χ0n) is 17.4. The van der Waals surface area contributed by atoms with Crippen molar-refractivity contribution in [3.05, 3.63) is 53.8 Å². The molecule has 3 heterocycles. The van der Waals surface area contributed by atoms with E-state index >= 15 is 0 Å². The second kappa shape index (κ2) is 10.0. The fourth-order valence-electron chi connectivity index (χ4n) is 3.54. The smallest absolute Gasteiger partial charge is 0.368 e. The second-order valence-electron chi connectivity index (χ2n) is 7.38. The van der Waals surface area contributed by atoms with E-state index < -0.39 is 12.7 Å². The number of hydrogen-bond acceptors (Lipinski definition) is 6. The van der Waals surface area contributed by atoms with Crippen LogP contribution < -0.4 is 4.90 Å². The van der Waals surface area contributed by atoms with Crippen LogP contribution in [0.2, 0.25) is 5.02 Å². The van der Waals surface area contributed by atoms with E-state index in [1.807, 2.05) is 18.2 Å². The first-order chi connectivity index (χ1) is 15.8. The molecular weight excluding hydrogens is 477 g/mol. The normalized spacial score (nSPS) is 14.5. The van der Waals surface area contributed by atoms with Crippen molar-refractivity contribution in [2.75, 3.05) is 36.8 Å². The largest absolute Gasteiger partial charge is 0.406 e. The van der Waals surface area contributed by atoms with Gasteiger partial charge in [0, 0.05) is 54.8 Å². The molecule has 0 N–H and O–H groups in total. The van der Waals surface area contributed by atoms with Crippen molar-refractivity contribution in [3.8, 4) is 11.4 Å². The lowest BCUT2D eigenvalue weighted by atomic mass is 10.2. The van der Waals surface area contributed by atoms with E-state index in [0.717, 1.165) is 22.0 Å². The highest BCUT2D eigenvalue weighted by Gasteiger charge is 2.32. The Hall–Kier alpha value is -2.79. The molecule has 0 unspecified atom stereocenters. The molecule has 0 radical (unpaired) electrons. The molecule has 1 aliphatic heterocycles. The topological polar surface area (TPSA) is 67.2 Å². The third-order valence-electron chi connectivity index (χ3n) is 5.12. The van der Waals surface area contributed by atoms with Gasteiger partial charge < -0.3 is 9.80 Å². The van der Waals surface area contributed by atoms with E-state index in [2.05, 4.69) is 20.1 Å². The molecule has 12 heteroatoms. The Balaban J connectivity index is 1.40. The van der Waals surface area contributed by atoms with Gasteiger partial charge in [-0.3, -0.25) is 14.3 Å². The number of rotatable bonds is 6. The second-order valence-corrected chi connectivity index (χ2v) is 8.76. The first-order valence-electron chi connectivity index (χ1n) is 10.1. The number of halogens is 4. The Morgan fingerprint density at radius 2 is 1.79 bits per heavy atom. The highest BCUT2D eigenvalue weighted by Crippen LogP contribution is 2.28. The third-order valence-corrected chi connectivity index (χ3v) is 6.31. The van der Waals surface area contributed by atoms with Crippen molar-refractivity contribution in [2.24, 2.45) is 0 Å². The van der Waals surface area contributed by atoms with Crippen LogP contribution in [-0.2, 0) is 11.3 Å². The van der Waals surface area contributed by atoms with Gasteiger partial charge in [0.2, 0.25) is 5.91 Å². The fourth-order valence-corrected chi connectivity index (χ4v) is 4.56. The van der Waals surface area contributed by atoms with Gasteiger partial charge >= 0.3 is 6.18 Å². The Bertz CT molecular complexity index is 1100. The first kappa shape index (κ1) is 23.4. The van der Waals surface area contributed by atoms with Crippen molar-refractivity contribution in [1.82, 2.24) is 24.6 Å². The zero-order chi connectivity index (χ0) is 23.4. The Labute approximate surface area is 197 Å². The van der Waals surface area contributed by atoms with Gasteiger partial charge in [0.25, 0.3) is 0 Å². The molecule has 2 aromatic heterocycles. The lowest BCUT2D eigenvalue weighted by molar-refractivity contribution is -0.141. The number of nitrogens with zero attached hydrogens (tertiary/aromatic N) is 6. The summed E-state index contributed by atoms with van der Waals surface area (Å²) < 4.78 is 40.6. The lowest BCUT2D eigenvalue weighted by Gasteiger charge is -2.36. The van der Waals surface area contributed by atoms with Gasteiger partial charge in [-0.1, -0.05) is 29.4 Å². The summed E-state index contributed by atoms with van der Waals surface area (Å²) in [4.78, 5) is 20.4. The molecular formula is C21H20ClF3N6OS. The van der Waals surface area contributed by atoms with Gasteiger partial charge in [0.15, 0.2) is 11.0 Å². The number of pyridine rings is 1. The summed E-state index contributed by atoms with van der Waals surface area (Å²) in [5.41, 5.74) is 1.46. The van der Waals surface area contributed by atoms with Crippen molar-refractivity contribution >= 4 is 35.0 Å². The summed E-state index contributed by atoms with van der Waals surface area (Å²) >= 11 is 7.01. The van der Waals surface area contributed by atoms with Crippen LogP contribution in [0.1, 0.15) is 0 Å². The van der Waals surface area contributed by atoms with E-state index in [0.29, 0.717) is 36.8 Å². The average molecular weight is 497 g/mol. The molecule has 0 saturated carbocycles. The summed E-state index contributed by atoms with van der Waals surface area (Å²) in [5.74, 6) is -0.0960. The van der Waals surface area contributed by atoms with Gasteiger partial charge in [-0.05, 0) is 30.3 Å². The van der Waals surface area contributed by atoms with Crippen LogP contribution in [0.5, 0.6) is 0 Å². The van der Waals surface area contributed by atoms with E-state index in [4.69, 9.17) is 11.6 Å². The molecule has 3 aromatic rings. The number of benzene rings is 1. The maximum absolute atomic E-state index is 13.2. The molecule has 0 aliphatic carbocycles. The molecule has 33 heavy (non-hydrogen) atoms. The molecule has 0 atom stereocenters. The monoisotopic (exact) mass is 496 g/mol. The predicted octanol–water partition coefficient (Wildman–Crippen LogP) is 4.00. The number of thioether (sulfide) groups is 1. The molecule has 7 nitrogen and oxygen atoms in total. The van der Waals surface area contributed by atoms with E-state index in [9.17, 15) is 18.0 Å². The minimum Gasteiger partial charge on any atom is -0.368 e. The minimum absolute atomic E-state index is 0.0243. The number of carbonyl (C=O) groups excluding carboxylic acids is 1. The zero-order valence-corrected chi connectivity index (χ0v) is 18.9. The number of aromatic nitrogens is 4. The Morgan fingerprint density at radius 3 is 2.45 bits per heavy atom. The van der Waals surface area contributed by atoms with Crippen molar-refractivity contribution in [1.29, 1.82) is 0 Å². The molecule has 4 rings (SSSR count). The molecule has 0 bridgehead atoms. The quantitative estimate of drug-likeness (QED) is 0.481. The van der Waals surface area contributed by atoms with Crippen LogP contribution in [0.15, 0.2) is 53.9 Å². The van der Waals surface area contributed by atoms with Gasteiger partial charge in [0.05, 0.1) is 5.75 Å². The molecule has 1 saturated heterocycles. The van der Waals surface area contributed by atoms with Gasteiger partial charge in [-0.2, -0.15) is 13.2 Å². The van der Waals surface area contributed by atoms with Gasteiger partial charge in [0.1, 0.15) is 6.54 Å². The number of anilines is 1. The maximum Gasteiger partial charge on any atom is 0.406 e. The Kier molecular flexibility index (Phi) is 7.08. The number of amides is 1. The third kappa shape index (κ3) is 5.97. The summed E-state index contributed by atoms with van der Waals surface area (Å²) in [6, 6.07) is 10.7. The number of hydrogen-bond donors (Lipinski definition) is 0. The van der Waals surface area contributed by atoms with Crippen LogP contribution in [0.3, 0.4) is 0 Å². The summed E-state index contributed by atoms with van der Waals surface area (Å²) in [7, 11) is 0. The van der Waals surface area contributed by atoms with Gasteiger partial charge in [-0.25, -0.2) is 0 Å². The van der Waals surface area contributed by atoms with Crippen LogP contribution in [0.25, 0.3) is 11.4 Å². The standard InChI is InChI=1S/C21H20ClF3N6OS/c22-16-2-1-3-17(12-16)29-8-10-30(11-9-29)18(32)13-33-20-28-27-19(15-4-6-26-7-5-15)31(20)14-21(23,24)25/h1-7,12H,8-11,13-14H2. The number of piperazine rings is 1. The number of carbonyl (C=O) groups is 1. The highest BCUT2D eigenvalue weighted by atomic mass is 35.5. The molecule has 174 valence electrons. The predicted molar refractivity (Wildman–Crippen MR) is 120 cm³/mol. The van der Waals surface area contributed by atoms with Crippen LogP contribution >= 0.6 is 23.4 Å². The molecule has 1 fully saturated rings. The Morgan fingerprint density at radius 1 is 1.06 bits per heavy atom. The average Bonchev–Trinajstić information content (AvgIpc) is 3.19. The summed E-state index contributed by atoms with van der Waals surface area (Å²) in [6.07, 6.45) is -1.51. The van der Waals surface area contributed by atoms with Crippen LogP contribution in [-0.4, -0.2) is 68.7 Å². The van der Waals surface area contributed by atoms with E-state index in [1.54, 1.807) is 23.1 Å². The van der Waals surface area contributed by atoms with E-state index in [1.165, 1.54) is 12.4 Å². The fraction of sp³-hybridized carbons (Fsp3) is 0.333. The van der Waals surface area contributed by atoms with Gasteiger partial charge in [-0.15, -0.1) is 10.2 Å². The van der Waals surface area contributed by atoms with Crippen molar-refractivity contribution < 1.29 is 18.0 Å². The van der Waals surface area contributed by atoms with Crippen LogP contribution in [0.4, 0.5) is 18.9 Å². The van der Waals surface area contributed by atoms with Crippen molar-refractivity contribution in [2.45, 2.75) is 17.9 Å². The highest BCUT2D eigenvalue weighted by molar-refractivity contribution is 7.99. The lowest BCUT2D eigenvalue weighted by Crippen LogP contribution is -2.49. The molecule has 0 spiro atoms. The van der Waals surface area contributed by atoms with Crippen molar-refractivity contribution in [3.63, 3.8) is 0 Å².